The zero-order valence-electron chi connectivity index (χ0n) is 8.77. The maximum Gasteiger partial charge on any atom is 0.304 e. The first kappa shape index (κ1) is 12.4. The van der Waals surface area contributed by atoms with E-state index in [1.165, 1.54) is 0 Å². The Morgan fingerprint density at radius 3 is 2.53 bits per heavy atom. The molecule has 1 unspecified atom stereocenters. The molecule has 0 radical (unpaired) electrons. The first-order valence-corrected chi connectivity index (χ1v) is 6.80. The number of carbonyl (C=O) groups is 1. The molecule has 6 heteroatoms. The van der Waals surface area contributed by atoms with Crippen LogP contribution < -0.4 is 4.72 Å². The van der Waals surface area contributed by atoms with Gasteiger partial charge in [-0.3, -0.25) is 4.79 Å². The third-order valence-electron chi connectivity index (χ3n) is 2.41. The van der Waals surface area contributed by atoms with Gasteiger partial charge in [-0.15, -0.1) is 0 Å². The highest BCUT2D eigenvalue weighted by Gasteiger charge is 2.29. The Morgan fingerprint density at radius 1 is 1.53 bits per heavy atom. The van der Waals surface area contributed by atoms with Crippen molar-refractivity contribution in [2.24, 2.45) is 5.92 Å². The number of carboxylic acid groups (broad SMARTS) is 1. The van der Waals surface area contributed by atoms with Gasteiger partial charge in [-0.05, 0) is 25.2 Å². The summed E-state index contributed by atoms with van der Waals surface area (Å²) in [7, 11) is -3.29. The number of nitrogens with one attached hydrogen (secondary N) is 1. The molecular weight excluding hydrogens is 218 g/mol. The van der Waals surface area contributed by atoms with Gasteiger partial charge in [0.05, 0.1) is 12.2 Å². The largest absolute Gasteiger partial charge is 0.481 e. The van der Waals surface area contributed by atoms with Crippen molar-refractivity contribution in [2.75, 3.05) is 5.75 Å². The van der Waals surface area contributed by atoms with Gasteiger partial charge in [0.25, 0.3) is 0 Å². The van der Waals surface area contributed by atoms with Gasteiger partial charge in [-0.1, -0.05) is 6.92 Å². The van der Waals surface area contributed by atoms with Crippen LogP contribution in [0.3, 0.4) is 0 Å². The molecule has 1 saturated carbocycles. The first-order valence-electron chi connectivity index (χ1n) is 5.14. The second-order valence-corrected chi connectivity index (χ2v) is 5.84. The fourth-order valence-electron chi connectivity index (χ4n) is 1.38. The van der Waals surface area contributed by atoms with E-state index in [1.807, 2.05) is 0 Å². The molecule has 15 heavy (non-hydrogen) atoms. The van der Waals surface area contributed by atoms with Gasteiger partial charge in [0.1, 0.15) is 0 Å². The quantitative estimate of drug-likeness (QED) is 0.675. The standard InChI is InChI=1S/C9H17NO4S/c1-2-8(5-9(11)12)10-15(13,14)6-7-3-4-7/h7-8,10H,2-6H2,1H3,(H,11,12). The van der Waals surface area contributed by atoms with Gasteiger partial charge < -0.3 is 5.11 Å². The molecule has 5 nitrogen and oxygen atoms in total. The van der Waals surface area contributed by atoms with Crippen LogP contribution in [0.1, 0.15) is 32.6 Å². The van der Waals surface area contributed by atoms with Crippen LogP contribution in [0.4, 0.5) is 0 Å². The lowest BCUT2D eigenvalue weighted by Crippen LogP contribution is -2.37. The van der Waals surface area contributed by atoms with E-state index in [1.54, 1.807) is 6.92 Å². The van der Waals surface area contributed by atoms with E-state index in [9.17, 15) is 13.2 Å². The number of aliphatic carboxylic acids is 1. The van der Waals surface area contributed by atoms with Crippen molar-refractivity contribution in [3.8, 4) is 0 Å². The fourth-order valence-corrected chi connectivity index (χ4v) is 3.19. The summed E-state index contributed by atoms with van der Waals surface area (Å²) in [6, 6.07) is -0.480. The molecule has 0 aliphatic heterocycles. The number of hydrogen-bond acceptors (Lipinski definition) is 3. The Bertz CT molecular complexity index is 321. The number of rotatable bonds is 7. The summed E-state index contributed by atoms with van der Waals surface area (Å²) in [6.45, 7) is 1.77. The highest BCUT2D eigenvalue weighted by molar-refractivity contribution is 7.89. The van der Waals surface area contributed by atoms with E-state index in [0.29, 0.717) is 6.42 Å². The summed E-state index contributed by atoms with van der Waals surface area (Å²) in [4.78, 5) is 10.5. The Labute approximate surface area is 89.9 Å². The molecule has 0 spiro atoms. The van der Waals surface area contributed by atoms with Crippen molar-refractivity contribution in [2.45, 2.75) is 38.6 Å². The van der Waals surface area contributed by atoms with Crippen molar-refractivity contribution in [1.29, 1.82) is 0 Å². The summed E-state index contributed by atoms with van der Waals surface area (Å²) < 4.78 is 25.5. The van der Waals surface area contributed by atoms with E-state index in [4.69, 9.17) is 5.11 Å². The summed E-state index contributed by atoms with van der Waals surface area (Å²) in [5, 5.41) is 8.57. The fraction of sp³-hybridized carbons (Fsp3) is 0.889. The molecule has 1 atom stereocenters. The Hall–Kier alpha value is -0.620. The maximum absolute atomic E-state index is 11.5. The minimum Gasteiger partial charge on any atom is -0.481 e. The first-order chi connectivity index (χ1) is 6.93. The van der Waals surface area contributed by atoms with Crippen LogP contribution in [0, 0.1) is 5.92 Å². The van der Waals surface area contributed by atoms with Crippen molar-refractivity contribution in [3.05, 3.63) is 0 Å². The molecule has 0 aromatic carbocycles. The van der Waals surface area contributed by atoms with Gasteiger partial charge in [-0.2, -0.15) is 0 Å². The van der Waals surface area contributed by atoms with E-state index in [0.717, 1.165) is 12.8 Å². The molecule has 88 valence electrons. The molecule has 0 saturated heterocycles. The second-order valence-electron chi connectivity index (χ2n) is 4.05. The molecule has 1 fully saturated rings. The van der Waals surface area contributed by atoms with E-state index < -0.39 is 22.0 Å². The Morgan fingerprint density at radius 2 is 2.13 bits per heavy atom. The number of carboxylic acids is 1. The van der Waals surface area contributed by atoms with Crippen LogP contribution in [0.15, 0.2) is 0 Å². The molecule has 1 aliphatic carbocycles. The molecule has 0 bridgehead atoms. The lowest BCUT2D eigenvalue weighted by atomic mass is 10.2. The zero-order chi connectivity index (χ0) is 11.5. The second kappa shape index (κ2) is 4.94. The third kappa shape index (κ3) is 5.13. The lowest BCUT2D eigenvalue weighted by molar-refractivity contribution is -0.137. The van der Waals surface area contributed by atoms with E-state index >= 15 is 0 Å². The molecule has 0 amide bonds. The van der Waals surface area contributed by atoms with Crippen molar-refractivity contribution < 1.29 is 18.3 Å². The van der Waals surface area contributed by atoms with Gasteiger partial charge in [-0.25, -0.2) is 13.1 Å². The van der Waals surface area contributed by atoms with Gasteiger partial charge in [0.2, 0.25) is 10.0 Å². The molecule has 0 aromatic heterocycles. The van der Waals surface area contributed by atoms with Gasteiger partial charge >= 0.3 is 5.97 Å². The highest BCUT2D eigenvalue weighted by atomic mass is 32.2. The average Bonchev–Trinajstić information content (AvgIpc) is 2.84. The van der Waals surface area contributed by atoms with E-state index in [-0.39, 0.29) is 18.1 Å². The minimum atomic E-state index is -3.29. The number of sulfonamides is 1. The molecule has 1 rings (SSSR count). The minimum absolute atomic E-state index is 0.142. The van der Waals surface area contributed by atoms with E-state index in [2.05, 4.69) is 4.72 Å². The zero-order valence-corrected chi connectivity index (χ0v) is 9.59. The van der Waals surface area contributed by atoms with Crippen LogP contribution in [0.5, 0.6) is 0 Å². The van der Waals surface area contributed by atoms with Crippen molar-refractivity contribution >= 4 is 16.0 Å². The summed E-state index contributed by atoms with van der Waals surface area (Å²) in [6.07, 6.45) is 2.28. The summed E-state index contributed by atoms with van der Waals surface area (Å²) in [5.41, 5.74) is 0. The average molecular weight is 235 g/mol. The Balaban J connectivity index is 2.44. The molecule has 1 aliphatic rings. The van der Waals surface area contributed by atoms with Gasteiger partial charge in [0.15, 0.2) is 0 Å². The van der Waals surface area contributed by atoms with Crippen LogP contribution in [0.2, 0.25) is 0 Å². The Kier molecular flexibility index (Phi) is 4.10. The predicted octanol–water partition coefficient (Wildman–Crippen LogP) is 0.569. The lowest BCUT2D eigenvalue weighted by Gasteiger charge is -2.14. The predicted molar refractivity (Wildman–Crippen MR) is 56.0 cm³/mol. The third-order valence-corrected chi connectivity index (χ3v) is 4.01. The molecule has 0 heterocycles. The van der Waals surface area contributed by atoms with Crippen LogP contribution in [-0.2, 0) is 14.8 Å². The molecular formula is C9H17NO4S. The normalized spacial score (nSPS) is 18.7. The van der Waals surface area contributed by atoms with Crippen LogP contribution in [-0.4, -0.2) is 31.3 Å². The van der Waals surface area contributed by atoms with Gasteiger partial charge in [0, 0.05) is 6.04 Å². The van der Waals surface area contributed by atoms with Crippen molar-refractivity contribution in [1.82, 2.24) is 4.72 Å². The summed E-state index contributed by atoms with van der Waals surface area (Å²) >= 11 is 0. The highest BCUT2D eigenvalue weighted by Crippen LogP contribution is 2.30. The monoisotopic (exact) mass is 235 g/mol. The van der Waals surface area contributed by atoms with Crippen molar-refractivity contribution in [3.63, 3.8) is 0 Å². The molecule has 0 aromatic rings. The van der Waals surface area contributed by atoms with Crippen LogP contribution in [0.25, 0.3) is 0 Å². The maximum atomic E-state index is 11.5. The summed E-state index contributed by atoms with van der Waals surface area (Å²) in [5.74, 6) is -0.552. The topological polar surface area (TPSA) is 83.5 Å². The smallest absolute Gasteiger partial charge is 0.304 e. The number of hydrogen-bond donors (Lipinski definition) is 2. The molecule has 2 N–H and O–H groups in total. The SMILES string of the molecule is CCC(CC(=O)O)NS(=O)(=O)CC1CC1. The van der Waals surface area contributed by atoms with Crippen LogP contribution >= 0.6 is 0 Å².